The first kappa shape index (κ1) is 9.04. The molecule has 0 amide bonds. The van der Waals surface area contributed by atoms with Crippen LogP contribution in [-0.4, -0.2) is 12.1 Å². The minimum Gasteiger partial charge on any atom is -0.462 e. The standard InChI is InChI=1S/C11H17O2/c1-2-9-8-11(10(12)13-9)6-4-3-5-7-11/h9H,1-8H2. The van der Waals surface area contributed by atoms with Crippen molar-refractivity contribution in [1.82, 2.24) is 0 Å². The van der Waals surface area contributed by atoms with E-state index in [0.29, 0.717) is 0 Å². The molecule has 0 aromatic rings. The SMILES string of the molecule is [CH2]CC1CC2(CCCCC2)C(=O)O1. The first-order valence-corrected chi connectivity index (χ1v) is 5.27. The molecule has 2 heteroatoms. The lowest BCUT2D eigenvalue weighted by molar-refractivity contribution is -0.150. The predicted molar refractivity (Wildman–Crippen MR) is 50.0 cm³/mol. The van der Waals surface area contributed by atoms with Crippen molar-refractivity contribution in [3.05, 3.63) is 6.92 Å². The lowest BCUT2D eigenvalue weighted by Gasteiger charge is -2.28. The summed E-state index contributed by atoms with van der Waals surface area (Å²) in [6.07, 6.45) is 7.51. The summed E-state index contributed by atoms with van der Waals surface area (Å²) < 4.78 is 5.30. The van der Waals surface area contributed by atoms with E-state index in [4.69, 9.17) is 4.74 Å². The summed E-state index contributed by atoms with van der Waals surface area (Å²) in [6, 6.07) is 0. The second-order valence-corrected chi connectivity index (χ2v) is 4.36. The first-order chi connectivity index (χ1) is 6.27. The zero-order valence-electron chi connectivity index (χ0n) is 8.05. The van der Waals surface area contributed by atoms with Gasteiger partial charge in [0.1, 0.15) is 6.10 Å². The van der Waals surface area contributed by atoms with Crippen LogP contribution < -0.4 is 0 Å². The van der Waals surface area contributed by atoms with Crippen molar-refractivity contribution in [2.75, 3.05) is 0 Å². The van der Waals surface area contributed by atoms with E-state index in [0.717, 1.165) is 25.7 Å². The fourth-order valence-electron chi connectivity index (χ4n) is 2.63. The summed E-state index contributed by atoms with van der Waals surface area (Å²) in [5.41, 5.74) is -0.0966. The van der Waals surface area contributed by atoms with Crippen molar-refractivity contribution in [3.8, 4) is 0 Å². The van der Waals surface area contributed by atoms with Gasteiger partial charge in [-0.15, -0.1) is 0 Å². The van der Waals surface area contributed by atoms with Gasteiger partial charge in [0.15, 0.2) is 0 Å². The molecule has 73 valence electrons. The number of carbonyl (C=O) groups is 1. The van der Waals surface area contributed by atoms with Crippen molar-refractivity contribution in [2.45, 2.75) is 51.0 Å². The molecule has 2 nitrogen and oxygen atoms in total. The van der Waals surface area contributed by atoms with Gasteiger partial charge in [-0.2, -0.15) is 0 Å². The van der Waals surface area contributed by atoms with E-state index in [2.05, 4.69) is 6.92 Å². The molecule has 1 heterocycles. The Morgan fingerprint density at radius 3 is 2.62 bits per heavy atom. The molecule has 0 aromatic carbocycles. The van der Waals surface area contributed by atoms with E-state index in [9.17, 15) is 4.79 Å². The molecule has 2 fully saturated rings. The zero-order valence-corrected chi connectivity index (χ0v) is 8.05. The van der Waals surface area contributed by atoms with Crippen LogP contribution in [0, 0.1) is 12.3 Å². The molecule has 0 aromatic heterocycles. The molecular formula is C11H17O2. The van der Waals surface area contributed by atoms with E-state index < -0.39 is 0 Å². The molecular weight excluding hydrogens is 164 g/mol. The molecule has 2 rings (SSSR count). The third kappa shape index (κ3) is 1.47. The van der Waals surface area contributed by atoms with Crippen molar-refractivity contribution in [3.63, 3.8) is 0 Å². The van der Waals surface area contributed by atoms with Gasteiger partial charge in [-0.25, -0.2) is 0 Å². The van der Waals surface area contributed by atoms with Gasteiger partial charge in [0.25, 0.3) is 0 Å². The second kappa shape index (κ2) is 3.32. The summed E-state index contributed by atoms with van der Waals surface area (Å²) in [7, 11) is 0. The molecule has 1 radical (unpaired) electrons. The van der Waals surface area contributed by atoms with Gasteiger partial charge in [0.05, 0.1) is 5.41 Å². The molecule has 1 saturated carbocycles. The van der Waals surface area contributed by atoms with Crippen LogP contribution in [0.1, 0.15) is 44.9 Å². The average Bonchev–Trinajstić information content (AvgIpc) is 2.45. The Morgan fingerprint density at radius 2 is 2.08 bits per heavy atom. The number of cyclic esters (lactones) is 1. The van der Waals surface area contributed by atoms with E-state index in [1.807, 2.05) is 0 Å². The molecule has 13 heavy (non-hydrogen) atoms. The fraction of sp³-hybridized carbons (Fsp3) is 0.818. The Balaban J connectivity index is 2.08. The Bertz CT molecular complexity index is 204. The molecule has 1 aliphatic heterocycles. The highest BCUT2D eigenvalue weighted by molar-refractivity contribution is 5.79. The number of ether oxygens (including phenoxy) is 1. The number of hydrogen-bond donors (Lipinski definition) is 0. The number of carbonyl (C=O) groups excluding carboxylic acids is 1. The largest absolute Gasteiger partial charge is 0.462 e. The van der Waals surface area contributed by atoms with Crippen LogP contribution in [0.3, 0.4) is 0 Å². The van der Waals surface area contributed by atoms with Gasteiger partial charge in [-0.3, -0.25) is 4.79 Å². The monoisotopic (exact) mass is 181 g/mol. The summed E-state index contributed by atoms with van der Waals surface area (Å²) in [6.45, 7) is 3.80. The van der Waals surface area contributed by atoms with Gasteiger partial charge in [0, 0.05) is 6.42 Å². The molecule has 1 atom stereocenters. The van der Waals surface area contributed by atoms with E-state index >= 15 is 0 Å². The maximum absolute atomic E-state index is 11.7. The molecule has 0 bridgehead atoms. The van der Waals surface area contributed by atoms with Crippen molar-refractivity contribution < 1.29 is 9.53 Å². The van der Waals surface area contributed by atoms with Crippen LogP contribution >= 0.6 is 0 Å². The number of hydrogen-bond acceptors (Lipinski definition) is 2. The smallest absolute Gasteiger partial charge is 0.312 e. The maximum atomic E-state index is 11.7. The van der Waals surface area contributed by atoms with Crippen molar-refractivity contribution >= 4 is 5.97 Å². The van der Waals surface area contributed by atoms with Gasteiger partial charge in [-0.1, -0.05) is 19.3 Å². The summed E-state index contributed by atoms with van der Waals surface area (Å²) in [5.74, 6) is 0.0563. The summed E-state index contributed by atoms with van der Waals surface area (Å²) in [5, 5.41) is 0. The topological polar surface area (TPSA) is 26.3 Å². The molecule has 1 unspecified atom stereocenters. The normalized spacial score (nSPS) is 32.1. The summed E-state index contributed by atoms with van der Waals surface area (Å²) in [4.78, 5) is 11.7. The van der Waals surface area contributed by atoms with E-state index in [-0.39, 0.29) is 17.5 Å². The number of esters is 1. The van der Waals surface area contributed by atoms with Crippen LogP contribution in [0.25, 0.3) is 0 Å². The van der Waals surface area contributed by atoms with Crippen LogP contribution in [-0.2, 0) is 9.53 Å². The molecule has 2 aliphatic rings. The minimum absolute atomic E-state index is 0.0563. The quantitative estimate of drug-likeness (QED) is 0.581. The second-order valence-electron chi connectivity index (χ2n) is 4.36. The highest BCUT2D eigenvalue weighted by Gasteiger charge is 2.48. The zero-order chi connectivity index (χ0) is 9.31. The third-order valence-electron chi connectivity index (χ3n) is 3.46. The first-order valence-electron chi connectivity index (χ1n) is 5.27. The van der Waals surface area contributed by atoms with Crippen molar-refractivity contribution in [1.29, 1.82) is 0 Å². The van der Waals surface area contributed by atoms with Crippen LogP contribution in [0.2, 0.25) is 0 Å². The summed E-state index contributed by atoms with van der Waals surface area (Å²) >= 11 is 0. The van der Waals surface area contributed by atoms with E-state index in [1.165, 1.54) is 19.3 Å². The van der Waals surface area contributed by atoms with Gasteiger partial charge in [0.2, 0.25) is 0 Å². The Hall–Kier alpha value is -0.530. The molecule has 1 spiro atoms. The lowest BCUT2D eigenvalue weighted by atomic mass is 9.72. The van der Waals surface area contributed by atoms with Crippen molar-refractivity contribution in [2.24, 2.45) is 5.41 Å². The Morgan fingerprint density at radius 1 is 1.38 bits per heavy atom. The van der Waals surface area contributed by atoms with Gasteiger partial charge >= 0.3 is 5.97 Å². The van der Waals surface area contributed by atoms with E-state index in [1.54, 1.807) is 0 Å². The number of rotatable bonds is 1. The lowest BCUT2D eigenvalue weighted by Crippen LogP contribution is -2.28. The third-order valence-corrected chi connectivity index (χ3v) is 3.46. The highest BCUT2D eigenvalue weighted by atomic mass is 16.6. The fourth-order valence-corrected chi connectivity index (χ4v) is 2.63. The molecule has 1 aliphatic carbocycles. The Labute approximate surface area is 79.7 Å². The van der Waals surface area contributed by atoms with Gasteiger partial charge in [-0.05, 0) is 26.2 Å². The highest BCUT2D eigenvalue weighted by Crippen LogP contribution is 2.46. The van der Waals surface area contributed by atoms with Crippen LogP contribution in [0.15, 0.2) is 0 Å². The van der Waals surface area contributed by atoms with Crippen LogP contribution in [0.5, 0.6) is 0 Å². The maximum Gasteiger partial charge on any atom is 0.312 e. The van der Waals surface area contributed by atoms with Gasteiger partial charge < -0.3 is 4.74 Å². The predicted octanol–water partition coefficient (Wildman–Crippen LogP) is 2.48. The average molecular weight is 181 g/mol. The minimum atomic E-state index is -0.0966. The Kier molecular flexibility index (Phi) is 2.31. The van der Waals surface area contributed by atoms with Crippen LogP contribution in [0.4, 0.5) is 0 Å². The molecule has 0 N–H and O–H groups in total. The molecule has 1 saturated heterocycles.